The van der Waals surface area contributed by atoms with Crippen molar-refractivity contribution in [2.24, 2.45) is 23.5 Å². The maximum Gasteiger partial charge on any atom is 0.0692 e. The number of hydrogen-bond acceptors (Lipinski definition) is 2. The minimum absolute atomic E-state index is 0.447. The van der Waals surface area contributed by atoms with Crippen molar-refractivity contribution in [1.29, 1.82) is 0 Å². The highest BCUT2D eigenvalue weighted by molar-refractivity contribution is 4.93. The average molecular weight is 199 g/mol. The first-order valence-electron chi connectivity index (χ1n) is 5.92. The third-order valence-electron chi connectivity index (χ3n) is 3.74. The van der Waals surface area contributed by atoms with Gasteiger partial charge in [-0.3, -0.25) is 0 Å². The van der Waals surface area contributed by atoms with Gasteiger partial charge in [-0.05, 0) is 43.6 Å². The van der Waals surface area contributed by atoms with Crippen molar-refractivity contribution >= 4 is 0 Å². The van der Waals surface area contributed by atoms with Gasteiger partial charge in [-0.15, -0.1) is 0 Å². The first-order valence-corrected chi connectivity index (χ1v) is 5.92. The fraction of sp³-hybridized carbons (Fsp3) is 1.00. The van der Waals surface area contributed by atoms with Crippen LogP contribution in [0.2, 0.25) is 0 Å². The van der Waals surface area contributed by atoms with E-state index in [1.165, 1.54) is 6.42 Å². The van der Waals surface area contributed by atoms with E-state index in [4.69, 9.17) is 5.73 Å². The molecule has 0 amide bonds. The van der Waals surface area contributed by atoms with Crippen LogP contribution in [0.25, 0.3) is 0 Å². The second kappa shape index (κ2) is 4.63. The van der Waals surface area contributed by atoms with Gasteiger partial charge in [-0.2, -0.15) is 0 Å². The first-order chi connectivity index (χ1) is 6.49. The van der Waals surface area contributed by atoms with Crippen LogP contribution in [-0.4, -0.2) is 17.3 Å². The number of nitrogens with two attached hydrogens (primary N) is 1. The summed E-state index contributed by atoms with van der Waals surface area (Å²) in [4.78, 5) is 0. The van der Waals surface area contributed by atoms with E-state index in [1.807, 2.05) is 0 Å². The fourth-order valence-corrected chi connectivity index (χ4v) is 3.08. The third kappa shape index (κ3) is 2.48. The van der Waals surface area contributed by atoms with E-state index < -0.39 is 5.60 Å². The van der Waals surface area contributed by atoms with Crippen LogP contribution in [0.4, 0.5) is 0 Å². The zero-order valence-corrected chi connectivity index (χ0v) is 9.79. The van der Waals surface area contributed by atoms with E-state index in [9.17, 15) is 5.11 Å². The van der Waals surface area contributed by atoms with Crippen LogP contribution >= 0.6 is 0 Å². The summed E-state index contributed by atoms with van der Waals surface area (Å²) in [5.41, 5.74) is 5.11. The summed E-state index contributed by atoms with van der Waals surface area (Å²) in [5.74, 6) is 1.67. The Morgan fingerprint density at radius 2 is 2.07 bits per heavy atom. The summed E-state index contributed by atoms with van der Waals surface area (Å²) in [6.45, 7) is 7.26. The van der Waals surface area contributed by atoms with Gasteiger partial charge in [-0.25, -0.2) is 0 Å². The summed E-state index contributed by atoms with van der Waals surface area (Å²) in [5, 5.41) is 10.6. The lowest BCUT2D eigenvalue weighted by molar-refractivity contribution is -0.0839. The molecule has 0 aromatic heterocycles. The quantitative estimate of drug-likeness (QED) is 0.731. The van der Waals surface area contributed by atoms with Gasteiger partial charge in [0.2, 0.25) is 0 Å². The summed E-state index contributed by atoms with van der Waals surface area (Å²) in [6, 6.07) is 0. The lowest BCUT2D eigenvalue weighted by atomic mass is 9.66. The maximum absolute atomic E-state index is 10.6. The van der Waals surface area contributed by atoms with Crippen LogP contribution in [0.15, 0.2) is 0 Å². The molecule has 0 aromatic carbocycles. The molecule has 84 valence electrons. The molecule has 14 heavy (non-hydrogen) atoms. The lowest BCUT2D eigenvalue weighted by Gasteiger charge is -2.44. The van der Waals surface area contributed by atoms with E-state index in [0.29, 0.717) is 24.3 Å². The van der Waals surface area contributed by atoms with Gasteiger partial charge in [0.05, 0.1) is 5.60 Å². The molecule has 1 rings (SSSR count). The van der Waals surface area contributed by atoms with Gasteiger partial charge in [-0.1, -0.05) is 27.2 Å². The van der Waals surface area contributed by atoms with Crippen molar-refractivity contribution in [3.05, 3.63) is 0 Å². The zero-order chi connectivity index (χ0) is 10.8. The van der Waals surface area contributed by atoms with E-state index >= 15 is 0 Å². The zero-order valence-electron chi connectivity index (χ0n) is 9.79. The molecule has 0 unspecified atom stereocenters. The second-order valence-electron chi connectivity index (χ2n) is 5.38. The Hall–Kier alpha value is -0.0800. The van der Waals surface area contributed by atoms with Crippen LogP contribution in [0.1, 0.15) is 46.5 Å². The highest BCUT2D eigenvalue weighted by atomic mass is 16.3. The normalized spacial score (nSPS) is 39.0. The van der Waals surface area contributed by atoms with Crippen molar-refractivity contribution in [2.45, 2.75) is 52.1 Å². The van der Waals surface area contributed by atoms with Crippen LogP contribution in [0.3, 0.4) is 0 Å². The van der Waals surface area contributed by atoms with Gasteiger partial charge in [0.25, 0.3) is 0 Å². The summed E-state index contributed by atoms with van der Waals surface area (Å²) in [7, 11) is 0. The Balaban J connectivity index is 2.72. The second-order valence-corrected chi connectivity index (χ2v) is 5.38. The Bertz CT molecular complexity index is 181. The Morgan fingerprint density at radius 1 is 1.43 bits per heavy atom. The van der Waals surface area contributed by atoms with E-state index in [2.05, 4.69) is 20.8 Å². The molecular formula is C12H25NO. The third-order valence-corrected chi connectivity index (χ3v) is 3.74. The Morgan fingerprint density at radius 3 is 2.57 bits per heavy atom. The van der Waals surface area contributed by atoms with Gasteiger partial charge >= 0.3 is 0 Å². The maximum atomic E-state index is 10.6. The summed E-state index contributed by atoms with van der Waals surface area (Å²) >= 11 is 0. The molecule has 0 aromatic rings. The average Bonchev–Trinajstić information content (AvgIpc) is 2.02. The van der Waals surface area contributed by atoms with E-state index in [1.54, 1.807) is 0 Å². The monoisotopic (exact) mass is 199 g/mol. The van der Waals surface area contributed by atoms with Crippen LogP contribution in [0, 0.1) is 17.8 Å². The van der Waals surface area contributed by atoms with Gasteiger partial charge < -0.3 is 10.8 Å². The number of aliphatic hydroxyl groups is 1. The van der Waals surface area contributed by atoms with Crippen LogP contribution < -0.4 is 5.73 Å². The minimum atomic E-state index is -0.486. The summed E-state index contributed by atoms with van der Waals surface area (Å²) < 4.78 is 0. The number of hydrogen-bond donors (Lipinski definition) is 2. The van der Waals surface area contributed by atoms with Crippen LogP contribution in [0.5, 0.6) is 0 Å². The van der Waals surface area contributed by atoms with E-state index in [-0.39, 0.29) is 0 Å². The Labute approximate surface area is 87.9 Å². The molecule has 3 atom stereocenters. The molecule has 1 aliphatic rings. The lowest BCUT2D eigenvalue weighted by Crippen LogP contribution is -2.46. The van der Waals surface area contributed by atoms with Crippen molar-refractivity contribution in [3.8, 4) is 0 Å². The smallest absolute Gasteiger partial charge is 0.0692 e. The van der Waals surface area contributed by atoms with Crippen molar-refractivity contribution in [3.63, 3.8) is 0 Å². The molecule has 0 heterocycles. The molecule has 1 fully saturated rings. The van der Waals surface area contributed by atoms with Crippen molar-refractivity contribution in [1.82, 2.24) is 0 Å². The predicted molar refractivity (Wildman–Crippen MR) is 60.0 cm³/mol. The molecule has 0 saturated heterocycles. The van der Waals surface area contributed by atoms with Crippen molar-refractivity contribution < 1.29 is 5.11 Å². The molecule has 0 aliphatic heterocycles. The predicted octanol–water partition coefficient (Wildman–Crippen LogP) is 2.16. The molecule has 2 heteroatoms. The fourth-order valence-electron chi connectivity index (χ4n) is 3.08. The highest BCUT2D eigenvalue weighted by Gasteiger charge is 2.41. The molecule has 1 saturated carbocycles. The van der Waals surface area contributed by atoms with Gasteiger partial charge in [0.15, 0.2) is 0 Å². The summed E-state index contributed by atoms with van der Waals surface area (Å²) in [6.07, 6.45) is 4.12. The Kier molecular flexibility index (Phi) is 3.96. The van der Waals surface area contributed by atoms with Gasteiger partial charge in [0, 0.05) is 0 Å². The highest BCUT2D eigenvalue weighted by Crippen LogP contribution is 2.42. The number of rotatable bonds is 3. The SMILES string of the molecule is CC(C)[C@@H]1CC[C@@H](C)C[C@]1(O)CCN. The molecule has 0 radical (unpaired) electrons. The molecule has 1 aliphatic carbocycles. The largest absolute Gasteiger partial charge is 0.390 e. The topological polar surface area (TPSA) is 46.2 Å². The molecule has 2 nitrogen and oxygen atoms in total. The first kappa shape index (κ1) is 12.0. The van der Waals surface area contributed by atoms with E-state index in [0.717, 1.165) is 19.3 Å². The molecule has 0 spiro atoms. The van der Waals surface area contributed by atoms with Crippen molar-refractivity contribution in [2.75, 3.05) is 6.54 Å². The van der Waals surface area contributed by atoms with Crippen LogP contribution in [-0.2, 0) is 0 Å². The molecule has 3 N–H and O–H groups in total. The standard InChI is InChI=1S/C12H25NO/c1-9(2)11-5-4-10(3)8-12(11,14)6-7-13/h9-11,14H,4-8,13H2,1-3H3/t10-,11+,12-/m1/s1. The minimum Gasteiger partial charge on any atom is -0.390 e. The molecule has 0 bridgehead atoms. The van der Waals surface area contributed by atoms with Gasteiger partial charge in [0.1, 0.15) is 0 Å². The molecular weight excluding hydrogens is 174 g/mol.